The SMILES string of the molecule is CC(NCc1ncn[nH]1)c1nccs1. The van der Waals surface area contributed by atoms with Gasteiger partial charge in [-0.3, -0.25) is 5.10 Å². The summed E-state index contributed by atoms with van der Waals surface area (Å²) in [6.45, 7) is 2.76. The predicted molar refractivity (Wildman–Crippen MR) is 53.8 cm³/mol. The van der Waals surface area contributed by atoms with Crippen LogP contribution in [-0.2, 0) is 6.54 Å². The van der Waals surface area contributed by atoms with E-state index >= 15 is 0 Å². The van der Waals surface area contributed by atoms with E-state index in [1.807, 2.05) is 11.6 Å². The van der Waals surface area contributed by atoms with Gasteiger partial charge in [-0.05, 0) is 6.92 Å². The number of aromatic amines is 1. The summed E-state index contributed by atoms with van der Waals surface area (Å²) in [5.41, 5.74) is 0. The standard InChI is InChI=1S/C8H11N5S/c1-6(8-9-2-3-14-8)10-4-7-11-5-12-13-7/h2-3,5-6,10H,4H2,1H3,(H,11,12,13). The molecule has 6 heteroatoms. The molecule has 2 aromatic heterocycles. The molecule has 0 amide bonds. The number of hydrogen-bond donors (Lipinski definition) is 2. The molecule has 0 saturated heterocycles. The summed E-state index contributed by atoms with van der Waals surface area (Å²) in [4.78, 5) is 8.25. The minimum atomic E-state index is 0.250. The van der Waals surface area contributed by atoms with Gasteiger partial charge in [-0.15, -0.1) is 11.3 Å². The Morgan fingerprint density at radius 2 is 2.50 bits per heavy atom. The summed E-state index contributed by atoms with van der Waals surface area (Å²) in [6.07, 6.45) is 3.32. The van der Waals surface area contributed by atoms with Crippen molar-refractivity contribution in [3.63, 3.8) is 0 Å². The lowest BCUT2D eigenvalue weighted by Crippen LogP contribution is -2.18. The van der Waals surface area contributed by atoms with E-state index in [4.69, 9.17) is 0 Å². The molecule has 74 valence electrons. The van der Waals surface area contributed by atoms with Gasteiger partial charge in [0, 0.05) is 11.6 Å². The van der Waals surface area contributed by atoms with Crippen molar-refractivity contribution in [2.24, 2.45) is 0 Å². The lowest BCUT2D eigenvalue weighted by Gasteiger charge is -2.08. The molecule has 0 aliphatic heterocycles. The van der Waals surface area contributed by atoms with E-state index in [1.54, 1.807) is 11.3 Å². The molecule has 2 rings (SSSR count). The molecule has 0 aromatic carbocycles. The molecule has 14 heavy (non-hydrogen) atoms. The molecular formula is C8H11N5S. The first kappa shape index (κ1) is 9.29. The molecule has 0 radical (unpaired) electrons. The van der Waals surface area contributed by atoms with Crippen LogP contribution >= 0.6 is 11.3 Å². The number of nitrogens with one attached hydrogen (secondary N) is 2. The third-order valence-corrected chi connectivity index (χ3v) is 2.82. The van der Waals surface area contributed by atoms with Gasteiger partial charge < -0.3 is 5.32 Å². The number of hydrogen-bond acceptors (Lipinski definition) is 5. The molecule has 0 saturated carbocycles. The smallest absolute Gasteiger partial charge is 0.138 e. The van der Waals surface area contributed by atoms with Gasteiger partial charge in [-0.25, -0.2) is 9.97 Å². The second kappa shape index (κ2) is 4.30. The van der Waals surface area contributed by atoms with E-state index in [0.29, 0.717) is 6.54 Å². The number of H-pyrrole nitrogens is 1. The summed E-state index contributed by atoms with van der Waals surface area (Å²) in [7, 11) is 0. The van der Waals surface area contributed by atoms with Crippen molar-refractivity contribution in [3.8, 4) is 0 Å². The van der Waals surface area contributed by atoms with Gasteiger partial charge >= 0.3 is 0 Å². The highest BCUT2D eigenvalue weighted by Gasteiger charge is 2.07. The van der Waals surface area contributed by atoms with Crippen LogP contribution in [0.3, 0.4) is 0 Å². The Bertz CT molecular complexity index is 355. The van der Waals surface area contributed by atoms with Gasteiger partial charge in [0.25, 0.3) is 0 Å². The molecule has 2 heterocycles. The van der Waals surface area contributed by atoms with E-state index in [2.05, 4.69) is 32.4 Å². The number of thiazole rings is 1. The fourth-order valence-electron chi connectivity index (χ4n) is 1.10. The van der Waals surface area contributed by atoms with Crippen LogP contribution in [0, 0.1) is 0 Å². The molecule has 1 unspecified atom stereocenters. The Hall–Kier alpha value is -1.27. The monoisotopic (exact) mass is 209 g/mol. The molecule has 2 N–H and O–H groups in total. The molecule has 1 atom stereocenters. The van der Waals surface area contributed by atoms with Crippen LogP contribution in [0.5, 0.6) is 0 Å². The maximum absolute atomic E-state index is 4.23. The van der Waals surface area contributed by atoms with Crippen LogP contribution in [0.2, 0.25) is 0 Å². The second-order valence-corrected chi connectivity index (χ2v) is 3.83. The number of rotatable bonds is 4. The molecule has 0 aliphatic carbocycles. The maximum Gasteiger partial charge on any atom is 0.138 e. The summed E-state index contributed by atoms with van der Waals surface area (Å²) < 4.78 is 0. The first-order valence-electron chi connectivity index (χ1n) is 4.33. The highest BCUT2D eigenvalue weighted by Crippen LogP contribution is 2.14. The van der Waals surface area contributed by atoms with Crippen molar-refractivity contribution in [3.05, 3.63) is 28.7 Å². The summed E-state index contributed by atoms with van der Waals surface area (Å²) in [5, 5.41) is 12.9. The zero-order valence-corrected chi connectivity index (χ0v) is 8.58. The average Bonchev–Trinajstić information content (AvgIpc) is 2.87. The summed E-state index contributed by atoms with van der Waals surface area (Å²) in [6, 6.07) is 0.250. The van der Waals surface area contributed by atoms with Crippen molar-refractivity contribution in [1.82, 2.24) is 25.5 Å². The normalized spacial score (nSPS) is 12.9. The van der Waals surface area contributed by atoms with Crippen LogP contribution < -0.4 is 5.32 Å². The Kier molecular flexibility index (Phi) is 2.85. The van der Waals surface area contributed by atoms with Gasteiger partial charge in [0.2, 0.25) is 0 Å². The van der Waals surface area contributed by atoms with Crippen LogP contribution in [0.15, 0.2) is 17.9 Å². The molecule has 0 spiro atoms. The number of aromatic nitrogens is 4. The minimum absolute atomic E-state index is 0.250. The Morgan fingerprint density at radius 3 is 3.14 bits per heavy atom. The predicted octanol–water partition coefficient (Wildman–Crippen LogP) is 1.11. The van der Waals surface area contributed by atoms with Crippen molar-refractivity contribution < 1.29 is 0 Å². The van der Waals surface area contributed by atoms with E-state index < -0.39 is 0 Å². The van der Waals surface area contributed by atoms with Gasteiger partial charge in [0.15, 0.2) is 0 Å². The average molecular weight is 209 g/mol. The highest BCUT2D eigenvalue weighted by molar-refractivity contribution is 7.09. The third-order valence-electron chi connectivity index (χ3n) is 1.86. The van der Waals surface area contributed by atoms with Gasteiger partial charge in [0.05, 0.1) is 12.6 Å². The van der Waals surface area contributed by atoms with Crippen molar-refractivity contribution in [2.45, 2.75) is 19.5 Å². The fraction of sp³-hybridized carbons (Fsp3) is 0.375. The Labute approximate surface area is 85.6 Å². The minimum Gasteiger partial charge on any atom is -0.301 e. The number of nitrogens with zero attached hydrogens (tertiary/aromatic N) is 3. The maximum atomic E-state index is 4.23. The lowest BCUT2D eigenvalue weighted by molar-refractivity contribution is 0.558. The van der Waals surface area contributed by atoms with Crippen LogP contribution in [0.4, 0.5) is 0 Å². The van der Waals surface area contributed by atoms with Crippen molar-refractivity contribution >= 4 is 11.3 Å². The van der Waals surface area contributed by atoms with E-state index in [9.17, 15) is 0 Å². The first-order valence-corrected chi connectivity index (χ1v) is 5.21. The van der Waals surface area contributed by atoms with Crippen molar-refractivity contribution in [2.75, 3.05) is 0 Å². The highest BCUT2D eigenvalue weighted by atomic mass is 32.1. The topological polar surface area (TPSA) is 66.5 Å². The molecule has 0 bridgehead atoms. The third kappa shape index (κ3) is 2.15. The Balaban J connectivity index is 1.87. The largest absolute Gasteiger partial charge is 0.301 e. The first-order chi connectivity index (χ1) is 6.86. The second-order valence-electron chi connectivity index (χ2n) is 2.91. The molecule has 0 fully saturated rings. The van der Waals surface area contributed by atoms with Crippen LogP contribution in [-0.4, -0.2) is 20.2 Å². The lowest BCUT2D eigenvalue weighted by atomic mass is 10.3. The Morgan fingerprint density at radius 1 is 1.57 bits per heavy atom. The van der Waals surface area contributed by atoms with Crippen LogP contribution in [0.25, 0.3) is 0 Å². The van der Waals surface area contributed by atoms with Crippen molar-refractivity contribution in [1.29, 1.82) is 0 Å². The van der Waals surface area contributed by atoms with Crippen LogP contribution in [0.1, 0.15) is 23.8 Å². The summed E-state index contributed by atoms with van der Waals surface area (Å²) >= 11 is 1.65. The van der Waals surface area contributed by atoms with E-state index in [0.717, 1.165) is 10.8 Å². The zero-order chi connectivity index (χ0) is 9.80. The fourth-order valence-corrected chi connectivity index (χ4v) is 1.77. The van der Waals surface area contributed by atoms with E-state index in [-0.39, 0.29) is 6.04 Å². The quantitative estimate of drug-likeness (QED) is 0.791. The molecule has 2 aromatic rings. The molecule has 0 aliphatic rings. The van der Waals surface area contributed by atoms with Gasteiger partial charge in [0.1, 0.15) is 17.2 Å². The molecular weight excluding hydrogens is 198 g/mol. The van der Waals surface area contributed by atoms with E-state index in [1.165, 1.54) is 6.33 Å². The zero-order valence-electron chi connectivity index (χ0n) is 7.77. The summed E-state index contributed by atoms with van der Waals surface area (Å²) in [5.74, 6) is 0.841. The van der Waals surface area contributed by atoms with Gasteiger partial charge in [-0.1, -0.05) is 0 Å². The van der Waals surface area contributed by atoms with Gasteiger partial charge in [-0.2, -0.15) is 5.10 Å². The molecule has 5 nitrogen and oxygen atoms in total.